The molecule has 4 N–H and O–H groups in total. The van der Waals surface area contributed by atoms with Crippen LogP contribution in [0.15, 0.2) is 60.7 Å². The van der Waals surface area contributed by atoms with Gasteiger partial charge in [-0.25, -0.2) is 9.69 Å². The molecule has 1 heterocycles. The molecule has 2 aromatic rings. The van der Waals surface area contributed by atoms with Gasteiger partial charge >= 0.3 is 6.09 Å². The average molecular weight is 523 g/mol. The zero-order valence-electron chi connectivity index (χ0n) is 21.6. The number of nitrogens with two attached hydrogens (primary N) is 1. The van der Waals surface area contributed by atoms with Crippen molar-refractivity contribution in [3.05, 3.63) is 71.8 Å². The molecule has 0 bridgehead atoms. The highest BCUT2D eigenvalue weighted by Gasteiger charge is 2.42. The second kappa shape index (κ2) is 13.4. The Kier molecular flexibility index (Phi) is 9.98. The molecule has 0 unspecified atom stereocenters. The molecule has 1 saturated heterocycles. The number of nitrogens with zero attached hydrogens (tertiary/aromatic N) is 1. The fourth-order valence-electron chi connectivity index (χ4n) is 4.27. The molecule has 3 atom stereocenters. The molecule has 0 radical (unpaired) electrons. The summed E-state index contributed by atoms with van der Waals surface area (Å²) in [5.74, 6) is -2.43. The quantitative estimate of drug-likeness (QED) is 0.411. The van der Waals surface area contributed by atoms with Crippen molar-refractivity contribution >= 4 is 29.7 Å². The van der Waals surface area contributed by atoms with Gasteiger partial charge in [0.05, 0.1) is 0 Å². The largest absolute Gasteiger partial charge is 0.444 e. The number of likely N-dealkylation sites (tertiary alicyclic amines) is 1. The lowest BCUT2D eigenvalue weighted by Gasteiger charge is -2.26. The predicted molar refractivity (Wildman–Crippen MR) is 139 cm³/mol. The van der Waals surface area contributed by atoms with Gasteiger partial charge in [0.15, 0.2) is 0 Å². The lowest BCUT2D eigenvalue weighted by atomic mass is 10.0. The highest BCUT2D eigenvalue weighted by molar-refractivity contribution is 6.01. The fraction of sp³-hybridized carbons (Fsp3) is 0.393. The van der Waals surface area contributed by atoms with E-state index in [9.17, 15) is 24.0 Å². The lowest BCUT2D eigenvalue weighted by Crippen LogP contribution is -2.57. The van der Waals surface area contributed by atoms with Crippen LogP contribution in [-0.2, 0) is 36.9 Å². The number of hydrogen-bond acceptors (Lipinski definition) is 6. The minimum Gasteiger partial charge on any atom is -0.444 e. The van der Waals surface area contributed by atoms with Crippen molar-refractivity contribution in [2.45, 2.75) is 64.3 Å². The van der Waals surface area contributed by atoms with E-state index in [1.54, 1.807) is 24.3 Å². The van der Waals surface area contributed by atoms with E-state index >= 15 is 0 Å². The van der Waals surface area contributed by atoms with E-state index in [2.05, 4.69) is 10.6 Å². The lowest BCUT2D eigenvalue weighted by molar-refractivity contribution is -0.136. The summed E-state index contributed by atoms with van der Waals surface area (Å²) in [5, 5.41) is 5.32. The summed E-state index contributed by atoms with van der Waals surface area (Å²) in [6, 6.07) is 15.0. The van der Waals surface area contributed by atoms with Crippen LogP contribution >= 0.6 is 0 Å². The molecule has 2 aromatic carbocycles. The van der Waals surface area contributed by atoms with E-state index in [-0.39, 0.29) is 38.2 Å². The Balaban J connectivity index is 1.67. The highest BCUT2D eigenvalue weighted by Crippen LogP contribution is 2.21. The number of primary amides is 1. The standard InChI is InChI=1S/C28H34N4O6/c1-18(2)15-22(26(35)30-21(25(29)34)16-19-9-5-3-6-10-19)31-27(36)23-13-14-24(33)32(23)28(37)38-17-20-11-7-4-8-12-20/h3-12,18,21-23H,13-17H2,1-2H3,(H2,29,34)(H,30,35)(H,31,36)/t21-,22-,23-/m0/s1. The van der Waals surface area contributed by atoms with Gasteiger partial charge in [-0.15, -0.1) is 0 Å². The second-order valence-corrected chi connectivity index (χ2v) is 9.70. The first-order valence-electron chi connectivity index (χ1n) is 12.6. The second-order valence-electron chi connectivity index (χ2n) is 9.70. The number of imide groups is 1. The summed E-state index contributed by atoms with van der Waals surface area (Å²) < 4.78 is 5.27. The van der Waals surface area contributed by atoms with Gasteiger partial charge in [-0.05, 0) is 29.9 Å². The van der Waals surface area contributed by atoms with Gasteiger partial charge in [0.2, 0.25) is 23.6 Å². The molecule has 38 heavy (non-hydrogen) atoms. The van der Waals surface area contributed by atoms with Crippen molar-refractivity contribution in [1.29, 1.82) is 0 Å². The van der Waals surface area contributed by atoms with E-state index in [1.165, 1.54) is 0 Å². The summed E-state index contributed by atoms with van der Waals surface area (Å²) >= 11 is 0. The number of ether oxygens (including phenoxy) is 1. The molecule has 0 aliphatic carbocycles. The summed E-state index contributed by atoms with van der Waals surface area (Å²) in [4.78, 5) is 64.4. The Morgan fingerprint density at radius 3 is 2.13 bits per heavy atom. The maximum Gasteiger partial charge on any atom is 0.417 e. The van der Waals surface area contributed by atoms with Crippen LogP contribution in [0.2, 0.25) is 0 Å². The van der Waals surface area contributed by atoms with Gasteiger partial charge in [-0.2, -0.15) is 0 Å². The normalized spacial score (nSPS) is 16.6. The summed E-state index contributed by atoms with van der Waals surface area (Å²) in [6.45, 7) is 3.72. The van der Waals surface area contributed by atoms with E-state index in [0.717, 1.165) is 16.0 Å². The van der Waals surface area contributed by atoms with Crippen LogP contribution in [0.1, 0.15) is 44.2 Å². The first-order valence-corrected chi connectivity index (χ1v) is 12.6. The number of benzene rings is 2. The first-order chi connectivity index (χ1) is 18.2. The maximum atomic E-state index is 13.2. The van der Waals surface area contributed by atoms with Crippen LogP contribution in [0.3, 0.4) is 0 Å². The van der Waals surface area contributed by atoms with Gasteiger partial charge in [-0.3, -0.25) is 19.2 Å². The summed E-state index contributed by atoms with van der Waals surface area (Å²) in [7, 11) is 0. The third-order valence-electron chi connectivity index (χ3n) is 6.20. The van der Waals surface area contributed by atoms with E-state index in [4.69, 9.17) is 10.5 Å². The van der Waals surface area contributed by atoms with Crippen LogP contribution in [0.4, 0.5) is 4.79 Å². The maximum absolute atomic E-state index is 13.2. The molecular formula is C28H34N4O6. The SMILES string of the molecule is CC(C)C[C@H](NC(=O)[C@@H]1CCC(=O)N1C(=O)OCc1ccccc1)C(=O)N[C@@H](Cc1ccccc1)C(N)=O. The summed E-state index contributed by atoms with van der Waals surface area (Å²) in [6.07, 6.45) is -0.340. The van der Waals surface area contributed by atoms with Crippen molar-refractivity contribution in [1.82, 2.24) is 15.5 Å². The molecule has 202 valence electrons. The molecule has 10 heteroatoms. The van der Waals surface area contributed by atoms with E-state index in [1.807, 2.05) is 50.2 Å². The fourth-order valence-corrected chi connectivity index (χ4v) is 4.27. The molecular weight excluding hydrogens is 488 g/mol. The molecule has 0 saturated carbocycles. The molecule has 1 aliphatic rings. The van der Waals surface area contributed by atoms with Crippen molar-refractivity contribution in [3.8, 4) is 0 Å². The summed E-state index contributed by atoms with van der Waals surface area (Å²) in [5.41, 5.74) is 7.09. The minimum atomic E-state index is -1.11. The molecule has 3 rings (SSSR count). The topological polar surface area (TPSA) is 148 Å². The van der Waals surface area contributed by atoms with Crippen molar-refractivity contribution in [3.63, 3.8) is 0 Å². The van der Waals surface area contributed by atoms with Gasteiger partial charge in [0.1, 0.15) is 24.7 Å². The number of hydrogen-bond donors (Lipinski definition) is 3. The average Bonchev–Trinajstić information content (AvgIpc) is 3.28. The predicted octanol–water partition coefficient (Wildman–Crippen LogP) is 2.06. The molecule has 1 fully saturated rings. The van der Waals surface area contributed by atoms with Crippen molar-refractivity contribution < 1.29 is 28.7 Å². The monoisotopic (exact) mass is 522 g/mol. The molecule has 10 nitrogen and oxygen atoms in total. The molecule has 0 spiro atoms. The van der Waals surface area contributed by atoms with Crippen LogP contribution < -0.4 is 16.4 Å². The van der Waals surface area contributed by atoms with Gasteiger partial charge < -0.3 is 21.1 Å². The third kappa shape index (κ3) is 7.89. The smallest absolute Gasteiger partial charge is 0.417 e. The van der Waals surface area contributed by atoms with Crippen LogP contribution in [0, 0.1) is 5.92 Å². The van der Waals surface area contributed by atoms with Gasteiger partial charge in [0, 0.05) is 12.8 Å². The zero-order valence-corrected chi connectivity index (χ0v) is 21.6. The van der Waals surface area contributed by atoms with Crippen LogP contribution in [0.25, 0.3) is 0 Å². The molecule has 0 aromatic heterocycles. The number of nitrogens with one attached hydrogen (secondary N) is 2. The van der Waals surface area contributed by atoms with E-state index < -0.39 is 47.8 Å². The van der Waals surface area contributed by atoms with E-state index in [0.29, 0.717) is 0 Å². The van der Waals surface area contributed by atoms with Crippen molar-refractivity contribution in [2.24, 2.45) is 11.7 Å². The Morgan fingerprint density at radius 2 is 1.55 bits per heavy atom. The number of carbonyl (C=O) groups is 5. The van der Waals surface area contributed by atoms with Crippen LogP contribution in [-0.4, -0.2) is 52.7 Å². The minimum absolute atomic E-state index is 0.000389. The van der Waals surface area contributed by atoms with Crippen molar-refractivity contribution in [2.75, 3.05) is 0 Å². The number of carbonyl (C=O) groups excluding carboxylic acids is 5. The van der Waals surface area contributed by atoms with Gasteiger partial charge in [0.25, 0.3) is 0 Å². The molecule has 5 amide bonds. The Morgan fingerprint density at radius 1 is 0.947 bits per heavy atom. The van der Waals surface area contributed by atoms with Crippen LogP contribution in [0.5, 0.6) is 0 Å². The number of amides is 5. The first kappa shape index (κ1) is 28.4. The zero-order chi connectivity index (χ0) is 27.7. The Hall–Kier alpha value is -4.21. The Labute approximate surface area is 221 Å². The Bertz CT molecular complexity index is 1140. The number of rotatable bonds is 11. The van der Waals surface area contributed by atoms with Gasteiger partial charge in [-0.1, -0.05) is 74.5 Å². The molecule has 1 aliphatic heterocycles. The third-order valence-corrected chi connectivity index (χ3v) is 6.20. The highest BCUT2D eigenvalue weighted by atomic mass is 16.6.